The van der Waals surface area contributed by atoms with Gasteiger partial charge in [0.25, 0.3) is 0 Å². The van der Waals surface area contributed by atoms with Crippen molar-refractivity contribution in [1.29, 1.82) is 0 Å². The Morgan fingerprint density at radius 2 is 1.53 bits per heavy atom. The quantitative estimate of drug-likeness (QED) is 0.286. The lowest BCUT2D eigenvalue weighted by molar-refractivity contribution is 0.104. The molecule has 4 aromatic rings. The van der Waals surface area contributed by atoms with Crippen molar-refractivity contribution in [3.05, 3.63) is 96.3 Å². The van der Waals surface area contributed by atoms with Gasteiger partial charge in [0.1, 0.15) is 5.75 Å². The van der Waals surface area contributed by atoms with Crippen molar-refractivity contribution in [1.82, 2.24) is 9.97 Å². The van der Waals surface area contributed by atoms with Crippen LogP contribution in [0.3, 0.4) is 0 Å². The second-order valence-corrected chi connectivity index (χ2v) is 6.95. The van der Waals surface area contributed by atoms with Gasteiger partial charge >= 0.3 is 0 Å². The molecule has 30 heavy (non-hydrogen) atoms. The minimum absolute atomic E-state index is 0.0379. The first-order chi connectivity index (χ1) is 14.7. The molecule has 4 heteroatoms. The van der Waals surface area contributed by atoms with Crippen LogP contribution in [0.2, 0.25) is 0 Å². The van der Waals surface area contributed by atoms with Gasteiger partial charge in [0.05, 0.1) is 17.6 Å². The van der Waals surface area contributed by atoms with Gasteiger partial charge in [-0.2, -0.15) is 0 Å². The molecule has 3 aromatic carbocycles. The first-order valence-corrected chi connectivity index (χ1v) is 9.99. The number of ether oxygens (including phenoxy) is 1. The standard InChI is InChI=1S/C26H22N2O2/c1-2-17-30-23-11-9-21(10-12-23)20-5-7-22(8-6-20)26(29)14-4-19-3-13-24-25(18-19)28-16-15-27-24/h3-16,18H,2,17H2,1H3/b14-4+. The maximum absolute atomic E-state index is 12.5. The highest BCUT2D eigenvalue weighted by molar-refractivity contribution is 6.07. The highest BCUT2D eigenvalue weighted by Gasteiger charge is 2.04. The zero-order chi connectivity index (χ0) is 20.8. The van der Waals surface area contributed by atoms with Crippen molar-refractivity contribution >= 4 is 22.9 Å². The summed E-state index contributed by atoms with van der Waals surface area (Å²) in [6.07, 6.45) is 7.71. The van der Waals surface area contributed by atoms with E-state index in [1.807, 2.05) is 66.7 Å². The molecule has 4 nitrogen and oxygen atoms in total. The van der Waals surface area contributed by atoms with Crippen LogP contribution in [0.15, 0.2) is 85.2 Å². The number of rotatable bonds is 7. The van der Waals surface area contributed by atoms with Crippen molar-refractivity contribution in [2.24, 2.45) is 0 Å². The fraction of sp³-hybridized carbons (Fsp3) is 0.115. The maximum atomic E-state index is 12.5. The Morgan fingerprint density at radius 1 is 0.867 bits per heavy atom. The minimum atomic E-state index is -0.0379. The van der Waals surface area contributed by atoms with E-state index >= 15 is 0 Å². The zero-order valence-electron chi connectivity index (χ0n) is 16.8. The molecular weight excluding hydrogens is 372 g/mol. The van der Waals surface area contributed by atoms with Crippen LogP contribution >= 0.6 is 0 Å². The number of carbonyl (C=O) groups excluding carboxylic acids is 1. The average Bonchev–Trinajstić information content (AvgIpc) is 2.81. The van der Waals surface area contributed by atoms with E-state index in [9.17, 15) is 4.79 Å². The lowest BCUT2D eigenvalue weighted by Crippen LogP contribution is -1.95. The van der Waals surface area contributed by atoms with Crippen molar-refractivity contribution in [2.45, 2.75) is 13.3 Å². The van der Waals surface area contributed by atoms with E-state index in [4.69, 9.17) is 4.74 Å². The number of benzene rings is 3. The number of aromatic nitrogens is 2. The molecule has 0 amide bonds. The maximum Gasteiger partial charge on any atom is 0.185 e. The van der Waals surface area contributed by atoms with Crippen molar-refractivity contribution in [3.8, 4) is 16.9 Å². The highest BCUT2D eigenvalue weighted by Crippen LogP contribution is 2.23. The lowest BCUT2D eigenvalue weighted by Gasteiger charge is -2.06. The molecule has 0 N–H and O–H groups in total. The molecule has 1 aromatic heterocycles. The van der Waals surface area contributed by atoms with Crippen LogP contribution < -0.4 is 4.74 Å². The van der Waals surface area contributed by atoms with Gasteiger partial charge in [-0.3, -0.25) is 14.8 Å². The summed E-state index contributed by atoms with van der Waals surface area (Å²) in [5, 5.41) is 0. The molecule has 0 aliphatic heterocycles. The summed E-state index contributed by atoms with van der Waals surface area (Å²) in [5.74, 6) is 0.835. The van der Waals surface area contributed by atoms with Gasteiger partial charge in [0.2, 0.25) is 0 Å². The number of hydrogen-bond acceptors (Lipinski definition) is 4. The Labute approximate surface area is 175 Å². The fourth-order valence-corrected chi connectivity index (χ4v) is 3.14. The van der Waals surface area contributed by atoms with E-state index in [0.717, 1.165) is 46.5 Å². The van der Waals surface area contributed by atoms with E-state index in [2.05, 4.69) is 16.9 Å². The third-order valence-corrected chi connectivity index (χ3v) is 4.75. The zero-order valence-corrected chi connectivity index (χ0v) is 16.8. The second kappa shape index (κ2) is 9.14. The van der Waals surface area contributed by atoms with Gasteiger partial charge in [-0.1, -0.05) is 55.5 Å². The van der Waals surface area contributed by atoms with E-state index in [-0.39, 0.29) is 5.78 Å². The second-order valence-electron chi connectivity index (χ2n) is 6.95. The molecule has 0 radical (unpaired) electrons. The normalized spacial score (nSPS) is 11.1. The lowest BCUT2D eigenvalue weighted by atomic mass is 10.0. The van der Waals surface area contributed by atoms with Crippen LogP contribution in [0.25, 0.3) is 28.2 Å². The molecule has 0 aliphatic carbocycles. The number of hydrogen-bond donors (Lipinski definition) is 0. The van der Waals surface area contributed by atoms with Gasteiger partial charge in [0.15, 0.2) is 5.78 Å². The molecule has 0 atom stereocenters. The van der Waals surface area contributed by atoms with E-state index < -0.39 is 0 Å². The van der Waals surface area contributed by atoms with Gasteiger partial charge < -0.3 is 4.74 Å². The van der Waals surface area contributed by atoms with Gasteiger partial charge in [-0.25, -0.2) is 0 Å². The number of carbonyl (C=O) groups is 1. The molecule has 0 saturated heterocycles. The largest absolute Gasteiger partial charge is 0.494 e. The Morgan fingerprint density at radius 3 is 2.23 bits per heavy atom. The van der Waals surface area contributed by atoms with Gasteiger partial charge in [-0.05, 0) is 53.5 Å². The Kier molecular flexibility index (Phi) is 5.95. The van der Waals surface area contributed by atoms with Crippen molar-refractivity contribution in [2.75, 3.05) is 6.61 Å². The van der Waals surface area contributed by atoms with Crippen LogP contribution in [0.1, 0.15) is 29.3 Å². The molecule has 0 spiro atoms. The highest BCUT2D eigenvalue weighted by atomic mass is 16.5. The molecule has 0 fully saturated rings. The smallest absolute Gasteiger partial charge is 0.185 e. The number of nitrogens with zero attached hydrogens (tertiary/aromatic N) is 2. The average molecular weight is 394 g/mol. The summed E-state index contributed by atoms with van der Waals surface area (Å²) in [6.45, 7) is 2.80. The number of fused-ring (bicyclic) bond motifs is 1. The van der Waals surface area contributed by atoms with Crippen molar-refractivity contribution in [3.63, 3.8) is 0 Å². The van der Waals surface area contributed by atoms with E-state index in [1.165, 1.54) is 0 Å². The topological polar surface area (TPSA) is 52.1 Å². The molecule has 148 valence electrons. The first kappa shape index (κ1) is 19.5. The van der Waals surface area contributed by atoms with Crippen LogP contribution in [0, 0.1) is 0 Å². The molecule has 0 aliphatic rings. The van der Waals surface area contributed by atoms with Crippen LogP contribution in [-0.4, -0.2) is 22.4 Å². The predicted molar refractivity (Wildman–Crippen MR) is 121 cm³/mol. The SMILES string of the molecule is CCCOc1ccc(-c2ccc(C(=O)/C=C/c3ccc4nccnc4c3)cc2)cc1. The summed E-state index contributed by atoms with van der Waals surface area (Å²) < 4.78 is 5.62. The predicted octanol–water partition coefficient (Wildman–Crippen LogP) is 5.98. The Balaban J connectivity index is 1.45. The number of allylic oxidation sites excluding steroid dienone is 1. The van der Waals surface area contributed by atoms with Crippen LogP contribution in [0.5, 0.6) is 5.75 Å². The summed E-state index contributed by atoms with van der Waals surface area (Å²) in [4.78, 5) is 21.1. The van der Waals surface area contributed by atoms with Gasteiger partial charge in [0, 0.05) is 18.0 Å². The van der Waals surface area contributed by atoms with Crippen LogP contribution in [0.4, 0.5) is 0 Å². The first-order valence-electron chi connectivity index (χ1n) is 9.99. The number of ketones is 1. The minimum Gasteiger partial charge on any atom is -0.494 e. The molecule has 0 bridgehead atoms. The van der Waals surface area contributed by atoms with E-state index in [0.29, 0.717) is 5.56 Å². The third-order valence-electron chi connectivity index (χ3n) is 4.75. The van der Waals surface area contributed by atoms with E-state index in [1.54, 1.807) is 24.5 Å². The fourth-order valence-electron chi connectivity index (χ4n) is 3.14. The van der Waals surface area contributed by atoms with Crippen LogP contribution in [-0.2, 0) is 0 Å². The summed E-state index contributed by atoms with van der Waals surface area (Å²) in [7, 11) is 0. The summed E-state index contributed by atoms with van der Waals surface area (Å²) in [5.41, 5.74) is 5.36. The third kappa shape index (κ3) is 4.61. The Hall–Kier alpha value is -3.79. The summed E-state index contributed by atoms with van der Waals surface area (Å²) >= 11 is 0. The Bertz CT molecular complexity index is 1180. The molecule has 4 rings (SSSR count). The van der Waals surface area contributed by atoms with Crippen molar-refractivity contribution < 1.29 is 9.53 Å². The molecule has 1 heterocycles. The molecule has 0 unspecified atom stereocenters. The molecule has 0 saturated carbocycles. The van der Waals surface area contributed by atoms with Gasteiger partial charge in [-0.15, -0.1) is 0 Å². The molecular formula is C26H22N2O2. The monoisotopic (exact) mass is 394 g/mol. The summed E-state index contributed by atoms with van der Waals surface area (Å²) in [6, 6.07) is 21.4.